The molecule has 0 saturated carbocycles. The normalized spacial score (nSPS) is 10.9. The van der Waals surface area contributed by atoms with E-state index in [1.54, 1.807) is 0 Å². The molecule has 0 rings (SSSR count). The average molecular weight is 531 g/mol. The van der Waals surface area contributed by atoms with Gasteiger partial charge >= 0.3 is 23.9 Å². The standard InChI is InChI=1S/4C4H8O3.Sn/c4*1-4(2,7)3(5)6;/h4*7H,1-2H3,(H,5,6);/q;;;;+4/p-4. The van der Waals surface area contributed by atoms with Crippen molar-refractivity contribution in [1.29, 1.82) is 0 Å². The van der Waals surface area contributed by atoms with Crippen LogP contribution in [0.2, 0.25) is 0 Å². The fourth-order valence-electron chi connectivity index (χ4n) is 0. The van der Waals surface area contributed by atoms with Crippen LogP contribution in [0.5, 0.6) is 0 Å². The number of carbonyl (C=O) groups is 4. The Hall–Kier alpha value is -1.48. The van der Waals surface area contributed by atoms with Gasteiger partial charge in [-0.1, -0.05) is 0 Å². The van der Waals surface area contributed by atoms with Crippen LogP contribution in [0.3, 0.4) is 0 Å². The van der Waals surface area contributed by atoms with Gasteiger partial charge in [0.15, 0.2) is 0 Å². The van der Waals surface area contributed by atoms with E-state index in [1.807, 2.05) is 0 Å². The van der Waals surface area contributed by atoms with E-state index in [0.717, 1.165) is 55.4 Å². The zero-order valence-corrected chi connectivity index (χ0v) is 20.4. The summed E-state index contributed by atoms with van der Waals surface area (Å²) < 4.78 is 0. The minimum atomic E-state index is -1.69. The van der Waals surface area contributed by atoms with Crippen LogP contribution >= 0.6 is 0 Å². The van der Waals surface area contributed by atoms with E-state index in [9.17, 15) is 39.6 Å². The number of carboxylic acids is 4. The molecule has 13 heteroatoms. The van der Waals surface area contributed by atoms with Crippen LogP contribution in [0.15, 0.2) is 0 Å². The Morgan fingerprint density at radius 2 is 0.483 bits per heavy atom. The fraction of sp³-hybridized carbons (Fsp3) is 0.750. The molecule has 0 amide bonds. The van der Waals surface area contributed by atoms with E-state index in [0.29, 0.717) is 0 Å². The quantitative estimate of drug-likeness (QED) is 0.248. The maximum Gasteiger partial charge on any atom is 4.00 e. The second kappa shape index (κ2) is 14.5. The van der Waals surface area contributed by atoms with E-state index in [4.69, 9.17) is 20.4 Å². The third-order valence-corrected chi connectivity index (χ3v) is 2.00. The van der Waals surface area contributed by atoms with Gasteiger partial charge in [0.25, 0.3) is 0 Å². The second-order valence-electron chi connectivity index (χ2n) is 7.39. The molecule has 0 atom stereocenters. The topological polar surface area (TPSA) is 241 Å². The Morgan fingerprint density at radius 1 is 0.448 bits per heavy atom. The van der Waals surface area contributed by atoms with Gasteiger partial charge in [0, 0.05) is 0 Å². The summed E-state index contributed by atoms with van der Waals surface area (Å²) >= 11 is 0. The van der Waals surface area contributed by atoms with Gasteiger partial charge in [-0.2, -0.15) is 0 Å². The molecular weight excluding hydrogens is 503 g/mol. The number of carbonyl (C=O) groups excluding carboxylic acids is 4. The van der Waals surface area contributed by atoms with E-state index < -0.39 is 46.3 Å². The maximum atomic E-state index is 9.66. The first kappa shape index (κ1) is 38.2. The summed E-state index contributed by atoms with van der Waals surface area (Å²) in [7, 11) is 0. The summed E-state index contributed by atoms with van der Waals surface area (Å²) in [6.07, 6.45) is 0. The number of rotatable bonds is 4. The molecule has 0 aromatic carbocycles. The molecule has 4 N–H and O–H groups in total. The molecule has 0 saturated heterocycles. The zero-order chi connectivity index (χ0) is 24.3. The molecule has 0 bridgehead atoms. The van der Waals surface area contributed by atoms with Crippen molar-refractivity contribution in [1.82, 2.24) is 0 Å². The summed E-state index contributed by atoms with van der Waals surface area (Å²) in [5, 5.41) is 72.4. The summed E-state index contributed by atoms with van der Waals surface area (Å²) in [5.41, 5.74) is -6.78. The molecule has 0 aliphatic rings. The van der Waals surface area contributed by atoms with Gasteiger partial charge in [-0.3, -0.25) is 0 Å². The summed E-state index contributed by atoms with van der Waals surface area (Å²) in [4.78, 5) is 38.6. The Balaban J connectivity index is -0.0000000873. The van der Waals surface area contributed by atoms with E-state index in [-0.39, 0.29) is 23.9 Å². The summed E-state index contributed by atoms with van der Waals surface area (Å²) in [5.74, 6) is -5.81. The molecule has 0 aromatic heterocycles. The Morgan fingerprint density at radius 3 is 0.483 bits per heavy atom. The Bertz CT molecular complexity index is 420. The van der Waals surface area contributed by atoms with Crippen LogP contribution in [0, 0.1) is 0 Å². The van der Waals surface area contributed by atoms with Crippen molar-refractivity contribution in [3.63, 3.8) is 0 Å². The maximum absolute atomic E-state index is 9.66. The first-order chi connectivity index (χ1) is 11.8. The van der Waals surface area contributed by atoms with Crippen LogP contribution in [0.4, 0.5) is 0 Å². The molecular formula is C16H28O12Sn. The van der Waals surface area contributed by atoms with Gasteiger partial charge in [-0.05, 0) is 55.4 Å². The largest absolute Gasteiger partial charge is 4.00 e. The third-order valence-electron chi connectivity index (χ3n) is 2.00. The number of hydrogen-bond acceptors (Lipinski definition) is 12. The van der Waals surface area contributed by atoms with Crippen LogP contribution < -0.4 is 20.4 Å². The van der Waals surface area contributed by atoms with E-state index >= 15 is 0 Å². The Kier molecular flexibility index (Phi) is 19.1. The van der Waals surface area contributed by atoms with Crippen LogP contribution in [0.1, 0.15) is 55.4 Å². The van der Waals surface area contributed by atoms with Gasteiger partial charge < -0.3 is 60.0 Å². The third kappa shape index (κ3) is 31.4. The molecule has 168 valence electrons. The number of aliphatic carboxylic acids is 4. The van der Waals surface area contributed by atoms with Crippen LogP contribution in [-0.2, 0) is 19.2 Å². The van der Waals surface area contributed by atoms with Crippen molar-refractivity contribution in [2.45, 2.75) is 77.8 Å². The molecule has 0 aromatic rings. The predicted molar refractivity (Wildman–Crippen MR) is 91.0 cm³/mol. The SMILES string of the molecule is CC(C)(O)C(=O)[O-].CC(C)(O)C(=O)[O-].CC(C)(O)C(=O)[O-].CC(C)(O)C(=O)[O-].[Sn+4]. The molecule has 0 radical (unpaired) electrons. The van der Waals surface area contributed by atoms with Crippen molar-refractivity contribution < 1.29 is 60.0 Å². The Labute approximate surface area is 185 Å². The zero-order valence-electron chi connectivity index (χ0n) is 17.6. The van der Waals surface area contributed by atoms with Gasteiger partial charge in [0.1, 0.15) is 0 Å². The summed E-state index contributed by atoms with van der Waals surface area (Å²) in [6, 6.07) is 0. The van der Waals surface area contributed by atoms with Gasteiger partial charge in [-0.15, -0.1) is 0 Å². The first-order valence-corrected chi connectivity index (χ1v) is 7.53. The van der Waals surface area contributed by atoms with Gasteiger partial charge in [0.05, 0.1) is 46.3 Å². The van der Waals surface area contributed by atoms with Crippen molar-refractivity contribution >= 4 is 47.8 Å². The van der Waals surface area contributed by atoms with Crippen molar-refractivity contribution in [3.8, 4) is 0 Å². The van der Waals surface area contributed by atoms with Crippen LogP contribution in [0.25, 0.3) is 0 Å². The smallest absolute Gasteiger partial charge is 0.547 e. The van der Waals surface area contributed by atoms with Crippen molar-refractivity contribution in [2.24, 2.45) is 0 Å². The molecule has 0 fully saturated rings. The van der Waals surface area contributed by atoms with Crippen LogP contribution in [-0.4, -0.2) is 90.6 Å². The van der Waals surface area contributed by atoms with Gasteiger partial charge in [0.2, 0.25) is 0 Å². The van der Waals surface area contributed by atoms with Gasteiger partial charge in [-0.25, -0.2) is 0 Å². The molecule has 0 heterocycles. The van der Waals surface area contributed by atoms with Crippen molar-refractivity contribution in [2.75, 3.05) is 0 Å². The average Bonchev–Trinajstić information content (AvgIpc) is 2.35. The summed E-state index contributed by atoms with van der Waals surface area (Å²) in [6.45, 7) is 9.24. The molecule has 0 aliphatic heterocycles. The number of hydrogen-bond donors (Lipinski definition) is 4. The monoisotopic (exact) mass is 532 g/mol. The first-order valence-electron chi connectivity index (χ1n) is 7.53. The molecule has 12 nitrogen and oxygen atoms in total. The number of aliphatic hydroxyl groups is 4. The predicted octanol–water partition coefficient (Wildman–Crippen LogP) is -6.35. The minimum absolute atomic E-state index is 0. The fourth-order valence-corrected chi connectivity index (χ4v) is 0. The minimum Gasteiger partial charge on any atom is -0.547 e. The van der Waals surface area contributed by atoms with E-state index in [1.165, 1.54) is 0 Å². The number of carboxylic acid groups (broad SMARTS) is 4. The van der Waals surface area contributed by atoms with Crippen molar-refractivity contribution in [3.05, 3.63) is 0 Å². The molecule has 0 spiro atoms. The molecule has 0 unspecified atom stereocenters. The molecule has 29 heavy (non-hydrogen) atoms. The second-order valence-corrected chi connectivity index (χ2v) is 7.39. The van der Waals surface area contributed by atoms with E-state index in [2.05, 4.69) is 0 Å². The molecule has 0 aliphatic carbocycles.